The molecule has 0 unspecified atom stereocenters. The van der Waals surface area contributed by atoms with Crippen LogP contribution in [-0.2, 0) is 45.3 Å². The lowest BCUT2D eigenvalue weighted by Crippen LogP contribution is -2.40. The minimum absolute atomic E-state index is 0.0215. The van der Waals surface area contributed by atoms with E-state index in [-0.39, 0.29) is 59.8 Å². The lowest BCUT2D eigenvalue weighted by atomic mass is 10.0. The fourth-order valence-electron chi connectivity index (χ4n) is 20.0. The van der Waals surface area contributed by atoms with Crippen LogP contribution >= 0.6 is 0 Å². The fourth-order valence-corrected chi connectivity index (χ4v) is 20.0. The highest BCUT2D eigenvalue weighted by Gasteiger charge is 2.45. The van der Waals surface area contributed by atoms with Crippen LogP contribution in [0.25, 0.3) is 82.9 Å². The topological polar surface area (TPSA) is 329 Å². The van der Waals surface area contributed by atoms with Gasteiger partial charge in [-0.05, 0) is 221 Å². The third kappa shape index (κ3) is 16.6. The van der Waals surface area contributed by atoms with E-state index in [4.69, 9.17) is 33.9 Å². The molecule has 2 saturated heterocycles. The molecule has 3 amide bonds. The predicted molar refractivity (Wildman–Crippen MR) is 520 cm³/mol. The molecule has 1 saturated carbocycles. The van der Waals surface area contributed by atoms with Crippen LogP contribution < -0.4 is 61.5 Å². The number of rotatable bonds is 14. The maximum atomic E-state index is 13.7. The number of pyridine rings is 1. The highest BCUT2D eigenvalue weighted by molar-refractivity contribution is 6.00. The van der Waals surface area contributed by atoms with Crippen molar-refractivity contribution in [2.24, 2.45) is 0 Å². The van der Waals surface area contributed by atoms with Gasteiger partial charge >= 0.3 is 0 Å². The standard InChI is InChI=1S/C36H41N9O3.C32H33N9O3.C32H31N7O4/c1-40(2)19-20-41-16-12-27(13-17-41)42-18-11-25-21-26(7-9-30(25)42)38-36-37-23-29-34(39-36)45-28-8-10-32-31(22-28)43(33(46)24-48-32)14-5-3-4-6-15-44(45)35(29)47;1-37(2)32(10-11-32)20-38-14-9-21-15-22(7-8-25(21)38)35-31-34-18-24-28(36-31)41-23-16-26-29(33-17-23)44-19-27(42)39(26)12-5-3-4-6-13-40(41)30(24)43;40-29-20-43-28-8-6-24-18-27(28)37(29)12-3-1-2-4-13-38-31(41)25-19-33-32(35-30(25)39(24)38)34-22-5-7-26-21(17-22)9-14-36(26)23-10-15-42-16-11-23/h4,6-11,18,21-23,27H,3,5,12-17,19-20,24H2,1-2H3,(H,37,38,39);4,6-9,14-18H,3,5,10-13,19-20H2,1-2H3,(H,34,35,36);2,4-9,14,17-19,23H,1,3,10-13,15-16,20H2,(H,33,34,35). The van der Waals surface area contributed by atoms with Gasteiger partial charge in [0, 0.05) is 170 Å². The Morgan fingerprint density at radius 3 is 1.33 bits per heavy atom. The van der Waals surface area contributed by atoms with Crippen molar-refractivity contribution in [3.05, 3.63) is 226 Å². The van der Waals surface area contributed by atoms with Crippen molar-refractivity contribution < 1.29 is 33.3 Å². The van der Waals surface area contributed by atoms with Crippen molar-refractivity contribution in [2.45, 2.75) is 121 Å². The number of fused-ring (bicyclic) bond motifs is 18. The monoisotopic (exact) mass is 1820 g/mol. The number of allylic oxidation sites excluding steroid dienone is 6. The second kappa shape index (κ2) is 36.0. The number of nitrogens with zero attached hydrogens (tertiary/aromatic N) is 22. The number of likely N-dealkylation sites (tertiary alicyclic amines) is 1. The van der Waals surface area contributed by atoms with Crippen LogP contribution in [0.15, 0.2) is 209 Å². The van der Waals surface area contributed by atoms with E-state index in [0.29, 0.717) is 154 Å². The summed E-state index contributed by atoms with van der Waals surface area (Å²) in [5.74, 6) is 2.60. The van der Waals surface area contributed by atoms with Crippen LogP contribution in [0.1, 0.15) is 89.1 Å². The van der Waals surface area contributed by atoms with Crippen LogP contribution in [0.5, 0.6) is 17.4 Å². The number of aromatic nitrogens is 16. The lowest BCUT2D eigenvalue weighted by molar-refractivity contribution is -0.122. The van der Waals surface area contributed by atoms with Crippen LogP contribution in [-0.4, -0.2) is 222 Å². The average molecular weight is 1820 g/mol. The van der Waals surface area contributed by atoms with Gasteiger partial charge in [0.05, 0.1) is 54.3 Å². The summed E-state index contributed by atoms with van der Waals surface area (Å²) in [6, 6.07) is 39.4. The van der Waals surface area contributed by atoms with E-state index in [9.17, 15) is 28.8 Å². The molecular weight excluding hydrogens is 1710 g/mol. The predicted octanol–water partition coefficient (Wildman–Crippen LogP) is 13.1. The van der Waals surface area contributed by atoms with E-state index < -0.39 is 0 Å². The van der Waals surface area contributed by atoms with E-state index in [1.165, 1.54) is 29.4 Å². The third-order valence-electron chi connectivity index (χ3n) is 27.5. The van der Waals surface area contributed by atoms with Crippen LogP contribution in [0.4, 0.5) is 52.0 Å². The van der Waals surface area contributed by atoms with E-state index in [2.05, 4.69) is 184 Å². The SMILES string of the molecule is CN(C)C1(Cn2ccc3cc(Nc4ncc5c(=O)n6n(c5n4)-c4cnc5c(c4)N(CCCC=CC6)C(=O)CO5)ccc32)CC1.CN(C)CCN1CCC(n2ccc3cc(Nc4ncc5c(=O)n6n(c5n4)-c4ccc5c(c4)N(CCCC=CC6)C(=O)CO5)ccc32)CC1.O=C1COc2ccc3cc2N1CCCC=CCn1c(=O)c2cnc(Nc4ccc5c(ccn5C5CCOCC5)c4)nc2n1-3. The van der Waals surface area contributed by atoms with Gasteiger partial charge < -0.3 is 78.0 Å². The summed E-state index contributed by atoms with van der Waals surface area (Å²) in [6.07, 6.45) is 36.6. The lowest BCUT2D eigenvalue weighted by Gasteiger charge is -2.33. The Morgan fingerprint density at radius 1 is 0.430 bits per heavy atom. The first-order valence-electron chi connectivity index (χ1n) is 46.7. The normalized spacial score (nSPS) is 17.4. The van der Waals surface area contributed by atoms with Crippen LogP contribution in [0.2, 0.25) is 0 Å². The van der Waals surface area contributed by atoms with Gasteiger partial charge in [0.15, 0.2) is 36.8 Å². The molecule has 5 aromatic carbocycles. The number of hydrogen-bond acceptors (Lipinski definition) is 23. The number of ether oxygens (including phenoxy) is 4. The van der Waals surface area contributed by atoms with Gasteiger partial charge in [-0.15, -0.1) is 0 Å². The maximum Gasteiger partial charge on any atom is 0.278 e. The number of hydrogen-bond donors (Lipinski definition) is 3. The number of likely N-dealkylation sites (N-methyl/N-ethyl adjacent to an activating group) is 2. The number of nitrogens with one attached hydrogen (secondary N) is 3. The van der Waals surface area contributed by atoms with Gasteiger partial charge in [-0.1, -0.05) is 36.5 Å². The van der Waals surface area contributed by atoms with E-state index in [0.717, 1.165) is 143 Å². The molecule has 0 radical (unpaired) electrons. The summed E-state index contributed by atoms with van der Waals surface area (Å²) in [4.78, 5) is 124. The van der Waals surface area contributed by atoms with Gasteiger partial charge in [0.2, 0.25) is 23.7 Å². The molecule has 1 aliphatic carbocycles. The molecule has 35 nitrogen and oxygen atoms in total. The van der Waals surface area contributed by atoms with E-state index >= 15 is 0 Å². The molecular formula is C100H105N25O10. The summed E-state index contributed by atoms with van der Waals surface area (Å²) in [6.45, 7) is 9.90. The molecule has 3 fully saturated rings. The Morgan fingerprint density at radius 2 is 0.859 bits per heavy atom. The minimum atomic E-state index is -0.205. The molecule has 10 aromatic heterocycles. The second-order valence-corrected chi connectivity index (χ2v) is 36.5. The fraction of sp³-hybridized carbons (Fsp3) is 0.350. The summed E-state index contributed by atoms with van der Waals surface area (Å²) in [7, 11) is 8.58. The highest BCUT2D eigenvalue weighted by Crippen LogP contribution is 2.44. The van der Waals surface area contributed by atoms with Gasteiger partial charge in [-0.2, -0.15) is 15.0 Å². The Labute approximate surface area is 775 Å². The zero-order valence-electron chi connectivity index (χ0n) is 75.9. The Kier molecular flexibility index (Phi) is 22.8. The third-order valence-corrected chi connectivity index (χ3v) is 27.5. The highest BCUT2D eigenvalue weighted by atomic mass is 16.5. The average Bonchev–Trinajstić information content (AvgIpc) is 1.60. The van der Waals surface area contributed by atoms with Gasteiger partial charge in [-0.3, -0.25) is 28.8 Å². The first-order chi connectivity index (χ1) is 66.0. The first-order valence-corrected chi connectivity index (χ1v) is 46.7. The summed E-state index contributed by atoms with van der Waals surface area (Å²) >= 11 is 0. The molecule has 0 atom stereocenters. The largest absolute Gasteiger partial charge is 0.482 e. The zero-order chi connectivity index (χ0) is 91.7. The minimum Gasteiger partial charge on any atom is -0.482 e. The second-order valence-electron chi connectivity index (χ2n) is 36.5. The van der Waals surface area contributed by atoms with Crippen molar-refractivity contribution >= 4 is 135 Å². The number of amides is 3. The Bertz CT molecular complexity index is 7460. The van der Waals surface area contributed by atoms with Crippen molar-refractivity contribution in [1.82, 2.24) is 91.4 Å². The van der Waals surface area contributed by atoms with Gasteiger partial charge in [-0.25, -0.2) is 48.0 Å². The molecule has 0 spiro atoms. The first kappa shape index (κ1) is 85.7. The molecule has 15 aromatic rings. The Hall–Kier alpha value is -14.8. The molecule has 8 aliphatic heterocycles. The number of anilines is 9. The number of benzene rings is 5. The number of carbonyl (C=O) groups excluding carboxylic acids is 3. The van der Waals surface area contributed by atoms with Crippen molar-refractivity contribution in [3.8, 4) is 34.4 Å². The zero-order valence-corrected chi connectivity index (χ0v) is 75.9. The molecule has 24 rings (SSSR count). The molecule has 6 bridgehead atoms. The van der Waals surface area contributed by atoms with Gasteiger partial charge in [0.1, 0.15) is 33.3 Å². The summed E-state index contributed by atoms with van der Waals surface area (Å²) in [5, 5.41) is 14.7. The van der Waals surface area contributed by atoms with E-state index in [1.54, 1.807) is 58.2 Å². The van der Waals surface area contributed by atoms with Crippen molar-refractivity contribution in [2.75, 3.05) is 138 Å². The summed E-state index contributed by atoms with van der Waals surface area (Å²) in [5.41, 5.74) is 11.3. The molecule has 18 heterocycles. The van der Waals surface area contributed by atoms with Crippen LogP contribution in [0, 0.1) is 0 Å². The van der Waals surface area contributed by atoms with E-state index in [1.807, 2.05) is 88.3 Å². The Balaban J connectivity index is 0.000000118. The molecule has 3 N–H and O–H groups in total. The number of carbonyl (C=O) groups is 3. The smallest absolute Gasteiger partial charge is 0.278 e. The number of piperidine rings is 1. The molecule has 690 valence electrons. The molecule has 135 heavy (non-hydrogen) atoms. The maximum absolute atomic E-state index is 13.7. The summed E-state index contributed by atoms with van der Waals surface area (Å²) < 4.78 is 40.1. The molecule has 35 heteroatoms. The van der Waals surface area contributed by atoms with Crippen molar-refractivity contribution in [3.63, 3.8) is 0 Å². The van der Waals surface area contributed by atoms with Gasteiger partial charge in [0.25, 0.3) is 34.4 Å². The van der Waals surface area contributed by atoms with Crippen LogP contribution in [0.3, 0.4) is 0 Å². The molecule has 9 aliphatic rings. The van der Waals surface area contributed by atoms with Crippen molar-refractivity contribution in [1.29, 1.82) is 0 Å². The quantitative estimate of drug-likeness (QED) is 0.0851.